The van der Waals surface area contributed by atoms with E-state index in [0.29, 0.717) is 16.7 Å². The Morgan fingerprint density at radius 1 is 1.35 bits per heavy atom. The number of carbonyl (C=O) groups excluding carboxylic acids is 1. The summed E-state index contributed by atoms with van der Waals surface area (Å²) < 4.78 is 0.715. The van der Waals surface area contributed by atoms with Crippen LogP contribution in [0.4, 0.5) is 10.6 Å². The van der Waals surface area contributed by atoms with Crippen molar-refractivity contribution in [3.05, 3.63) is 45.7 Å². The third-order valence-electron chi connectivity index (χ3n) is 1.96. The molecular weight excluding hydrogens is 258 g/mol. The van der Waals surface area contributed by atoms with Crippen LogP contribution in [0, 0.1) is 0 Å². The molecular formula is C11H10ClN3OS. The molecule has 2 aromatic rings. The zero-order valence-electron chi connectivity index (χ0n) is 8.81. The van der Waals surface area contributed by atoms with Crippen molar-refractivity contribution in [1.82, 2.24) is 10.3 Å². The maximum atomic E-state index is 11.5. The summed E-state index contributed by atoms with van der Waals surface area (Å²) >= 11 is 7.23. The van der Waals surface area contributed by atoms with E-state index in [2.05, 4.69) is 15.6 Å². The van der Waals surface area contributed by atoms with Crippen LogP contribution in [-0.4, -0.2) is 11.0 Å². The van der Waals surface area contributed by atoms with Gasteiger partial charge in [0, 0.05) is 11.1 Å². The van der Waals surface area contributed by atoms with Gasteiger partial charge in [-0.3, -0.25) is 5.32 Å². The molecule has 17 heavy (non-hydrogen) atoms. The fourth-order valence-corrected chi connectivity index (χ4v) is 2.24. The number of rotatable bonds is 3. The first-order valence-corrected chi connectivity index (χ1v) is 6.13. The second-order valence-electron chi connectivity index (χ2n) is 3.23. The van der Waals surface area contributed by atoms with Gasteiger partial charge in [-0.2, -0.15) is 0 Å². The Morgan fingerprint density at radius 2 is 2.24 bits per heavy atom. The van der Waals surface area contributed by atoms with Gasteiger partial charge in [0.25, 0.3) is 0 Å². The Morgan fingerprint density at radius 3 is 2.88 bits per heavy atom. The summed E-state index contributed by atoms with van der Waals surface area (Å²) in [6, 6.07) is 8.72. The van der Waals surface area contributed by atoms with E-state index >= 15 is 0 Å². The Labute approximate surface area is 108 Å². The molecule has 0 radical (unpaired) electrons. The van der Waals surface area contributed by atoms with Crippen molar-refractivity contribution in [3.8, 4) is 0 Å². The predicted octanol–water partition coefficient (Wildman–Crippen LogP) is 3.12. The van der Waals surface area contributed by atoms with Crippen LogP contribution in [-0.2, 0) is 6.54 Å². The van der Waals surface area contributed by atoms with Crippen LogP contribution in [0.2, 0.25) is 4.34 Å². The molecule has 88 valence electrons. The van der Waals surface area contributed by atoms with Gasteiger partial charge in [0.2, 0.25) is 0 Å². The van der Waals surface area contributed by atoms with Crippen molar-refractivity contribution < 1.29 is 4.79 Å². The first-order chi connectivity index (χ1) is 8.24. The van der Waals surface area contributed by atoms with Crippen LogP contribution in [0.3, 0.4) is 0 Å². The van der Waals surface area contributed by atoms with Gasteiger partial charge in [0.15, 0.2) is 0 Å². The van der Waals surface area contributed by atoms with E-state index in [1.165, 1.54) is 11.3 Å². The van der Waals surface area contributed by atoms with Gasteiger partial charge in [0.05, 0.1) is 10.9 Å². The second kappa shape index (κ2) is 5.65. The monoisotopic (exact) mass is 267 g/mol. The third-order valence-corrected chi connectivity index (χ3v) is 3.19. The molecule has 2 N–H and O–H groups in total. The zero-order valence-corrected chi connectivity index (χ0v) is 10.4. The fraction of sp³-hybridized carbons (Fsp3) is 0.0909. The van der Waals surface area contributed by atoms with Crippen molar-refractivity contribution in [3.63, 3.8) is 0 Å². The molecule has 6 heteroatoms. The molecule has 2 aromatic heterocycles. The Balaban J connectivity index is 1.82. The van der Waals surface area contributed by atoms with Crippen LogP contribution in [0.25, 0.3) is 0 Å². The quantitative estimate of drug-likeness (QED) is 0.898. The van der Waals surface area contributed by atoms with Crippen molar-refractivity contribution in [2.45, 2.75) is 6.54 Å². The minimum Gasteiger partial charge on any atom is -0.333 e. The highest BCUT2D eigenvalue weighted by Gasteiger charge is 2.03. The lowest BCUT2D eigenvalue weighted by molar-refractivity contribution is 0.252. The number of thiophene rings is 1. The molecule has 0 aliphatic carbocycles. The zero-order chi connectivity index (χ0) is 12.1. The lowest BCUT2D eigenvalue weighted by Crippen LogP contribution is -2.28. The summed E-state index contributed by atoms with van der Waals surface area (Å²) in [5.74, 6) is 0.522. The number of carbonyl (C=O) groups is 1. The smallest absolute Gasteiger partial charge is 0.320 e. The van der Waals surface area contributed by atoms with Gasteiger partial charge in [-0.25, -0.2) is 9.78 Å². The Hall–Kier alpha value is -1.59. The summed E-state index contributed by atoms with van der Waals surface area (Å²) in [5.41, 5.74) is 0. The highest BCUT2D eigenvalue weighted by Crippen LogP contribution is 2.20. The van der Waals surface area contributed by atoms with Crippen LogP contribution in [0.5, 0.6) is 0 Å². The van der Waals surface area contributed by atoms with Gasteiger partial charge in [-0.1, -0.05) is 17.7 Å². The van der Waals surface area contributed by atoms with Gasteiger partial charge < -0.3 is 5.32 Å². The molecule has 4 nitrogen and oxygen atoms in total. The molecule has 0 unspecified atom stereocenters. The minimum atomic E-state index is -0.284. The van der Waals surface area contributed by atoms with Crippen LogP contribution < -0.4 is 10.6 Å². The number of pyridine rings is 1. The van der Waals surface area contributed by atoms with Gasteiger partial charge in [0.1, 0.15) is 5.82 Å². The molecule has 0 aromatic carbocycles. The summed E-state index contributed by atoms with van der Waals surface area (Å²) in [7, 11) is 0. The van der Waals surface area contributed by atoms with Gasteiger partial charge in [-0.05, 0) is 24.3 Å². The molecule has 0 saturated carbocycles. The van der Waals surface area contributed by atoms with Crippen molar-refractivity contribution in [1.29, 1.82) is 0 Å². The Bertz CT molecular complexity index is 500. The molecule has 0 spiro atoms. The SMILES string of the molecule is O=C(NCc1ccc(Cl)s1)Nc1ccccn1. The van der Waals surface area contributed by atoms with E-state index in [4.69, 9.17) is 11.6 Å². The molecule has 2 rings (SSSR count). The molecule has 0 aliphatic heterocycles. The first kappa shape index (κ1) is 11.9. The summed E-state index contributed by atoms with van der Waals surface area (Å²) in [4.78, 5) is 16.5. The number of halogens is 1. The number of anilines is 1. The van der Waals surface area contributed by atoms with Crippen molar-refractivity contribution in [2.75, 3.05) is 5.32 Å². The predicted molar refractivity (Wildman–Crippen MR) is 69.4 cm³/mol. The number of urea groups is 1. The lowest BCUT2D eigenvalue weighted by atomic mass is 10.4. The van der Waals surface area contributed by atoms with E-state index in [9.17, 15) is 4.79 Å². The molecule has 0 aliphatic rings. The standard InChI is InChI=1S/C11H10ClN3OS/c12-9-5-4-8(17-9)7-14-11(16)15-10-3-1-2-6-13-10/h1-6H,7H2,(H2,13,14,15,16). The molecule has 0 fully saturated rings. The normalized spacial score (nSPS) is 9.94. The third kappa shape index (κ3) is 3.72. The molecule has 0 saturated heterocycles. The summed E-state index contributed by atoms with van der Waals surface area (Å²) in [6.07, 6.45) is 1.62. The van der Waals surface area contributed by atoms with Gasteiger partial charge in [-0.15, -0.1) is 11.3 Å². The van der Waals surface area contributed by atoms with E-state index in [-0.39, 0.29) is 6.03 Å². The largest absolute Gasteiger partial charge is 0.333 e. The van der Waals surface area contributed by atoms with E-state index in [0.717, 1.165) is 4.88 Å². The van der Waals surface area contributed by atoms with E-state index < -0.39 is 0 Å². The summed E-state index contributed by atoms with van der Waals surface area (Å²) in [5, 5.41) is 5.35. The number of hydrogen-bond acceptors (Lipinski definition) is 3. The fourth-order valence-electron chi connectivity index (χ4n) is 1.21. The Kier molecular flexibility index (Phi) is 3.95. The molecule has 2 heterocycles. The van der Waals surface area contributed by atoms with Crippen LogP contribution in [0.15, 0.2) is 36.5 Å². The van der Waals surface area contributed by atoms with Crippen molar-refractivity contribution in [2.24, 2.45) is 0 Å². The summed E-state index contributed by atoms with van der Waals surface area (Å²) in [6.45, 7) is 0.454. The number of hydrogen-bond donors (Lipinski definition) is 2. The van der Waals surface area contributed by atoms with E-state index in [1.54, 1.807) is 24.4 Å². The number of aromatic nitrogens is 1. The molecule has 2 amide bonds. The molecule has 0 bridgehead atoms. The van der Waals surface area contributed by atoms with E-state index in [1.807, 2.05) is 12.1 Å². The van der Waals surface area contributed by atoms with Crippen LogP contribution in [0.1, 0.15) is 4.88 Å². The van der Waals surface area contributed by atoms with Crippen molar-refractivity contribution >= 4 is 34.8 Å². The van der Waals surface area contributed by atoms with Crippen LogP contribution >= 0.6 is 22.9 Å². The average Bonchev–Trinajstić information content (AvgIpc) is 2.74. The number of nitrogens with one attached hydrogen (secondary N) is 2. The molecule has 0 atom stereocenters. The second-order valence-corrected chi connectivity index (χ2v) is 5.03. The maximum Gasteiger partial charge on any atom is 0.320 e. The number of nitrogens with zero attached hydrogens (tertiary/aromatic N) is 1. The first-order valence-electron chi connectivity index (χ1n) is 4.94. The lowest BCUT2D eigenvalue weighted by Gasteiger charge is -2.05. The topological polar surface area (TPSA) is 54.0 Å². The maximum absolute atomic E-state index is 11.5. The van der Waals surface area contributed by atoms with Gasteiger partial charge >= 0.3 is 6.03 Å². The number of amides is 2. The highest BCUT2D eigenvalue weighted by atomic mass is 35.5. The highest BCUT2D eigenvalue weighted by molar-refractivity contribution is 7.16. The minimum absolute atomic E-state index is 0.284. The average molecular weight is 268 g/mol.